The van der Waals surface area contributed by atoms with Crippen molar-refractivity contribution in [3.05, 3.63) is 108 Å². The van der Waals surface area contributed by atoms with Crippen LogP contribution in [0.3, 0.4) is 0 Å². The van der Waals surface area contributed by atoms with Crippen molar-refractivity contribution in [1.29, 1.82) is 0 Å². The standard InChI is InChI=1S/C26H19F3N4O3/c27-26(28,29)20-13-11-18(12-14-20)22-30-21(36-32-22)16-33-23(34)25(31-24(33)35,19-9-5-2-6-10-19)15-17-7-3-1-4-8-17/h1-14H,15-16H2,(H,31,35). The van der Waals surface area contributed by atoms with Gasteiger partial charge in [-0.25, -0.2) is 4.79 Å². The van der Waals surface area contributed by atoms with E-state index in [4.69, 9.17) is 4.52 Å². The number of imide groups is 1. The molecule has 0 saturated carbocycles. The largest absolute Gasteiger partial charge is 0.416 e. The lowest BCUT2D eigenvalue weighted by Gasteiger charge is -2.27. The molecule has 36 heavy (non-hydrogen) atoms. The first-order chi connectivity index (χ1) is 17.3. The number of hydrogen-bond donors (Lipinski definition) is 1. The fourth-order valence-corrected chi connectivity index (χ4v) is 4.19. The van der Waals surface area contributed by atoms with Gasteiger partial charge in [0, 0.05) is 12.0 Å². The first kappa shape index (κ1) is 23.3. The van der Waals surface area contributed by atoms with Crippen molar-refractivity contribution in [2.75, 3.05) is 0 Å². The smallest absolute Gasteiger partial charge is 0.337 e. The minimum atomic E-state index is -4.46. The number of aromatic nitrogens is 2. The molecule has 1 aromatic heterocycles. The van der Waals surface area contributed by atoms with Crippen LogP contribution in [0.5, 0.6) is 0 Å². The molecule has 1 aliphatic heterocycles. The molecule has 1 aliphatic rings. The maximum atomic E-state index is 13.7. The molecule has 0 aliphatic carbocycles. The average Bonchev–Trinajstić information content (AvgIpc) is 3.44. The lowest BCUT2D eigenvalue weighted by Crippen LogP contribution is -2.46. The van der Waals surface area contributed by atoms with E-state index in [1.807, 2.05) is 36.4 Å². The van der Waals surface area contributed by atoms with Crippen molar-refractivity contribution < 1.29 is 27.3 Å². The van der Waals surface area contributed by atoms with Crippen LogP contribution in [0.2, 0.25) is 0 Å². The highest BCUT2D eigenvalue weighted by Gasteiger charge is 2.52. The molecule has 182 valence electrons. The molecular formula is C26H19F3N4O3. The molecule has 1 saturated heterocycles. The zero-order chi connectivity index (χ0) is 25.3. The van der Waals surface area contributed by atoms with Gasteiger partial charge >= 0.3 is 12.2 Å². The second kappa shape index (κ2) is 8.95. The van der Waals surface area contributed by atoms with Crippen molar-refractivity contribution in [2.24, 2.45) is 0 Å². The molecule has 3 aromatic carbocycles. The first-order valence-corrected chi connectivity index (χ1v) is 11.0. The number of nitrogens with one attached hydrogen (secondary N) is 1. The third-order valence-corrected chi connectivity index (χ3v) is 5.99. The zero-order valence-electron chi connectivity index (χ0n) is 18.7. The van der Waals surface area contributed by atoms with Crippen molar-refractivity contribution in [3.8, 4) is 11.4 Å². The third-order valence-electron chi connectivity index (χ3n) is 5.99. The van der Waals surface area contributed by atoms with E-state index in [1.165, 1.54) is 12.1 Å². The molecule has 5 rings (SSSR count). The van der Waals surface area contributed by atoms with Gasteiger partial charge in [0.2, 0.25) is 11.7 Å². The second-order valence-electron chi connectivity index (χ2n) is 8.34. The lowest BCUT2D eigenvalue weighted by atomic mass is 9.83. The van der Waals surface area contributed by atoms with E-state index < -0.39 is 29.2 Å². The Labute approximate surface area is 203 Å². The van der Waals surface area contributed by atoms with Crippen molar-refractivity contribution in [3.63, 3.8) is 0 Å². The van der Waals surface area contributed by atoms with E-state index in [0.29, 0.717) is 11.1 Å². The van der Waals surface area contributed by atoms with E-state index in [9.17, 15) is 22.8 Å². The maximum Gasteiger partial charge on any atom is 0.416 e. The molecule has 0 bridgehead atoms. The second-order valence-corrected chi connectivity index (χ2v) is 8.34. The fourth-order valence-electron chi connectivity index (χ4n) is 4.19. The number of alkyl halides is 3. The Morgan fingerprint density at radius 1 is 0.889 bits per heavy atom. The van der Waals surface area contributed by atoms with Crippen molar-refractivity contribution in [2.45, 2.75) is 24.7 Å². The number of carbonyl (C=O) groups is 2. The van der Waals surface area contributed by atoms with Crippen LogP contribution in [0.25, 0.3) is 11.4 Å². The van der Waals surface area contributed by atoms with Crippen LogP contribution in [-0.4, -0.2) is 27.0 Å². The van der Waals surface area contributed by atoms with Gasteiger partial charge in [0.25, 0.3) is 5.91 Å². The zero-order valence-corrected chi connectivity index (χ0v) is 18.7. The number of rotatable bonds is 6. The fraction of sp³-hybridized carbons (Fsp3) is 0.154. The summed E-state index contributed by atoms with van der Waals surface area (Å²) < 4.78 is 43.7. The lowest BCUT2D eigenvalue weighted by molar-refractivity contribution is -0.137. The molecule has 1 N–H and O–H groups in total. The van der Waals surface area contributed by atoms with Gasteiger partial charge in [-0.2, -0.15) is 18.2 Å². The molecular weight excluding hydrogens is 473 g/mol. The minimum absolute atomic E-state index is 0.0306. The summed E-state index contributed by atoms with van der Waals surface area (Å²) in [6.07, 6.45) is -4.23. The summed E-state index contributed by atoms with van der Waals surface area (Å²) in [6, 6.07) is 22.0. The molecule has 4 aromatic rings. The Morgan fingerprint density at radius 2 is 1.53 bits per heavy atom. The SMILES string of the molecule is O=C1NC(Cc2ccccc2)(c2ccccc2)C(=O)N1Cc1nc(-c2ccc(C(F)(F)F)cc2)no1. The van der Waals surface area contributed by atoms with E-state index in [0.717, 1.165) is 22.6 Å². The number of halogens is 3. The highest BCUT2D eigenvalue weighted by Crippen LogP contribution is 2.34. The third kappa shape index (κ3) is 4.33. The van der Waals surface area contributed by atoms with Crippen molar-refractivity contribution >= 4 is 11.9 Å². The van der Waals surface area contributed by atoms with Crippen LogP contribution in [0.1, 0.15) is 22.6 Å². The normalized spacial score (nSPS) is 17.9. The average molecular weight is 492 g/mol. The van der Waals surface area contributed by atoms with E-state index in [-0.39, 0.29) is 24.7 Å². The Bertz CT molecular complexity index is 1390. The van der Waals surface area contributed by atoms with E-state index in [2.05, 4.69) is 15.5 Å². The number of amides is 3. The van der Waals surface area contributed by atoms with Crippen molar-refractivity contribution in [1.82, 2.24) is 20.4 Å². The Kier molecular flexibility index (Phi) is 5.79. The topological polar surface area (TPSA) is 88.3 Å². The van der Waals surface area contributed by atoms with Gasteiger partial charge in [-0.05, 0) is 23.3 Å². The van der Waals surface area contributed by atoms with Crippen LogP contribution in [0, 0.1) is 0 Å². The molecule has 10 heteroatoms. The molecule has 1 atom stereocenters. The maximum absolute atomic E-state index is 13.7. The predicted molar refractivity (Wildman–Crippen MR) is 122 cm³/mol. The highest BCUT2D eigenvalue weighted by atomic mass is 19.4. The summed E-state index contributed by atoms with van der Waals surface area (Å²) in [5, 5.41) is 6.65. The quantitative estimate of drug-likeness (QED) is 0.385. The van der Waals surface area contributed by atoms with Crippen LogP contribution in [0.4, 0.5) is 18.0 Å². The number of carbonyl (C=O) groups excluding carboxylic acids is 2. The first-order valence-electron chi connectivity index (χ1n) is 11.0. The summed E-state index contributed by atoms with van der Waals surface area (Å²) in [5.41, 5.74) is -0.330. The monoisotopic (exact) mass is 492 g/mol. The molecule has 3 amide bonds. The van der Waals surface area contributed by atoms with E-state index >= 15 is 0 Å². The summed E-state index contributed by atoms with van der Waals surface area (Å²) in [6.45, 7) is -0.290. The molecule has 1 unspecified atom stereocenters. The Balaban J connectivity index is 1.41. The summed E-state index contributed by atoms with van der Waals surface area (Å²) >= 11 is 0. The predicted octanol–water partition coefficient (Wildman–Crippen LogP) is 4.95. The van der Waals surface area contributed by atoms with Gasteiger partial charge in [0.1, 0.15) is 6.54 Å². The van der Waals surface area contributed by atoms with Gasteiger partial charge in [-0.15, -0.1) is 0 Å². The van der Waals surface area contributed by atoms with Crippen LogP contribution in [-0.2, 0) is 29.5 Å². The molecule has 2 heterocycles. The molecule has 0 spiro atoms. The van der Waals surface area contributed by atoms with Crippen LogP contribution in [0.15, 0.2) is 89.5 Å². The number of hydrogen-bond acceptors (Lipinski definition) is 5. The Hall–Kier alpha value is -4.47. The Morgan fingerprint density at radius 3 is 2.17 bits per heavy atom. The number of benzene rings is 3. The van der Waals surface area contributed by atoms with Gasteiger partial charge in [-0.1, -0.05) is 78.0 Å². The number of urea groups is 1. The summed E-state index contributed by atoms with van der Waals surface area (Å²) in [5.74, 6) is -0.460. The van der Waals surface area contributed by atoms with Gasteiger partial charge in [0.05, 0.1) is 5.56 Å². The summed E-state index contributed by atoms with van der Waals surface area (Å²) in [4.78, 5) is 31.9. The molecule has 0 radical (unpaired) electrons. The molecule has 7 nitrogen and oxygen atoms in total. The minimum Gasteiger partial charge on any atom is -0.337 e. The van der Waals surface area contributed by atoms with Gasteiger partial charge < -0.3 is 9.84 Å². The highest BCUT2D eigenvalue weighted by molar-refractivity contribution is 6.07. The summed E-state index contributed by atoms with van der Waals surface area (Å²) in [7, 11) is 0. The van der Waals surface area contributed by atoms with Crippen LogP contribution < -0.4 is 5.32 Å². The van der Waals surface area contributed by atoms with E-state index in [1.54, 1.807) is 24.3 Å². The van der Waals surface area contributed by atoms with Gasteiger partial charge in [-0.3, -0.25) is 9.69 Å². The molecule has 1 fully saturated rings. The van der Waals surface area contributed by atoms with Crippen LogP contribution >= 0.6 is 0 Å². The van der Waals surface area contributed by atoms with Gasteiger partial charge in [0.15, 0.2) is 5.54 Å². The number of nitrogens with zero attached hydrogens (tertiary/aromatic N) is 3.